The molecule has 0 aliphatic rings. The minimum Gasteiger partial charge on any atom is -0.484 e. The number of oxazole rings is 1. The highest BCUT2D eigenvalue weighted by molar-refractivity contribution is 5.94. The molecule has 6 heteroatoms. The zero-order valence-electron chi connectivity index (χ0n) is 15.4. The highest BCUT2D eigenvalue weighted by Crippen LogP contribution is 2.25. The molecule has 2 aromatic carbocycles. The maximum atomic E-state index is 12.2. The summed E-state index contributed by atoms with van der Waals surface area (Å²) in [6.07, 6.45) is 4.35. The van der Waals surface area contributed by atoms with E-state index >= 15 is 0 Å². The molecule has 0 fully saturated rings. The number of ether oxygens (including phenoxy) is 1. The number of rotatable bonds is 6. The Hall–Kier alpha value is -3.67. The number of anilines is 1. The van der Waals surface area contributed by atoms with Crippen LogP contribution in [-0.4, -0.2) is 22.5 Å². The summed E-state index contributed by atoms with van der Waals surface area (Å²) < 4.78 is 11.3. The Kier molecular flexibility index (Phi) is 5.01. The molecule has 0 aliphatic heterocycles. The molecule has 0 radical (unpaired) electrons. The smallest absolute Gasteiger partial charge is 0.262 e. The van der Waals surface area contributed by atoms with Crippen LogP contribution in [0.5, 0.6) is 5.75 Å². The van der Waals surface area contributed by atoms with Gasteiger partial charge in [-0.25, -0.2) is 4.98 Å². The van der Waals surface area contributed by atoms with Gasteiger partial charge in [0.05, 0.1) is 5.56 Å². The summed E-state index contributed by atoms with van der Waals surface area (Å²) in [4.78, 5) is 20.7. The summed E-state index contributed by atoms with van der Waals surface area (Å²) in [6, 6.07) is 16.7. The minimum absolute atomic E-state index is 0.0662. The van der Waals surface area contributed by atoms with E-state index in [1.165, 1.54) is 5.56 Å². The molecule has 0 aliphatic carbocycles. The molecule has 140 valence electrons. The van der Waals surface area contributed by atoms with Crippen molar-refractivity contribution in [2.24, 2.45) is 0 Å². The minimum atomic E-state index is -0.241. The van der Waals surface area contributed by atoms with Crippen LogP contribution < -0.4 is 10.1 Å². The van der Waals surface area contributed by atoms with Crippen LogP contribution in [0.1, 0.15) is 12.5 Å². The number of carbonyl (C=O) groups is 1. The first kappa shape index (κ1) is 17.7. The summed E-state index contributed by atoms with van der Waals surface area (Å²) in [5.74, 6) is 0.917. The van der Waals surface area contributed by atoms with Crippen molar-refractivity contribution in [1.29, 1.82) is 0 Å². The maximum Gasteiger partial charge on any atom is 0.262 e. The van der Waals surface area contributed by atoms with Crippen LogP contribution in [0.25, 0.3) is 22.6 Å². The van der Waals surface area contributed by atoms with Crippen LogP contribution in [0, 0.1) is 0 Å². The fraction of sp³-hybridized carbons (Fsp3) is 0.136. The Bertz CT molecular complexity index is 1090. The van der Waals surface area contributed by atoms with Crippen molar-refractivity contribution >= 4 is 22.7 Å². The number of nitrogens with zero attached hydrogens (tertiary/aromatic N) is 2. The third-order valence-electron chi connectivity index (χ3n) is 4.28. The number of aromatic nitrogens is 2. The molecule has 0 saturated carbocycles. The van der Waals surface area contributed by atoms with E-state index in [0.717, 1.165) is 12.0 Å². The first-order valence-corrected chi connectivity index (χ1v) is 9.04. The number of aryl methyl sites for hydroxylation is 1. The molecule has 28 heavy (non-hydrogen) atoms. The summed E-state index contributed by atoms with van der Waals surface area (Å²) in [7, 11) is 0. The summed E-state index contributed by atoms with van der Waals surface area (Å²) in [5.41, 5.74) is 3.96. The van der Waals surface area contributed by atoms with Crippen LogP contribution in [-0.2, 0) is 11.2 Å². The Balaban J connectivity index is 1.41. The molecule has 1 N–H and O–H groups in total. The molecule has 1 amide bonds. The second-order valence-electron chi connectivity index (χ2n) is 6.28. The van der Waals surface area contributed by atoms with E-state index in [9.17, 15) is 4.79 Å². The van der Waals surface area contributed by atoms with E-state index < -0.39 is 0 Å². The second kappa shape index (κ2) is 7.92. The lowest BCUT2D eigenvalue weighted by atomic mass is 10.2. The van der Waals surface area contributed by atoms with Gasteiger partial charge in [0, 0.05) is 18.1 Å². The summed E-state index contributed by atoms with van der Waals surface area (Å²) >= 11 is 0. The number of amides is 1. The number of nitrogens with one attached hydrogen (secondary N) is 1. The SMILES string of the molecule is CCc1ccc(OCC(=O)Nc2ccc3oc(-c4cccnc4)nc3c2)cc1. The summed E-state index contributed by atoms with van der Waals surface area (Å²) in [5, 5.41) is 2.82. The molecule has 4 aromatic rings. The number of benzene rings is 2. The number of pyridine rings is 1. The lowest BCUT2D eigenvalue weighted by Crippen LogP contribution is -2.20. The lowest BCUT2D eigenvalue weighted by Gasteiger charge is -2.08. The van der Waals surface area contributed by atoms with E-state index in [2.05, 4.69) is 22.2 Å². The Morgan fingerprint density at radius 2 is 2.00 bits per heavy atom. The first-order valence-electron chi connectivity index (χ1n) is 9.04. The lowest BCUT2D eigenvalue weighted by molar-refractivity contribution is -0.118. The van der Waals surface area contributed by atoms with Gasteiger partial charge in [-0.1, -0.05) is 19.1 Å². The van der Waals surface area contributed by atoms with Crippen molar-refractivity contribution < 1.29 is 13.9 Å². The third-order valence-corrected chi connectivity index (χ3v) is 4.28. The van der Waals surface area contributed by atoms with E-state index in [4.69, 9.17) is 9.15 Å². The van der Waals surface area contributed by atoms with Gasteiger partial charge in [-0.15, -0.1) is 0 Å². The van der Waals surface area contributed by atoms with Crippen molar-refractivity contribution in [1.82, 2.24) is 9.97 Å². The summed E-state index contributed by atoms with van der Waals surface area (Å²) in [6.45, 7) is 2.03. The van der Waals surface area contributed by atoms with E-state index in [-0.39, 0.29) is 12.5 Å². The number of fused-ring (bicyclic) bond motifs is 1. The van der Waals surface area contributed by atoms with Gasteiger partial charge in [0.25, 0.3) is 5.91 Å². The van der Waals surface area contributed by atoms with Gasteiger partial charge < -0.3 is 14.5 Å². The topological polar surface area (TPSA) is 77.2 Å². The number of carbonyl (C=O) groups excluding carboxylic acids is 1. The van der Waals surface area contributed by atoms with Gasteiger partial charge in [-0.3, -0.25) is 9.78 Å². The molecule has 0 spiro atoms. The number of hydrogen-bond acceptors (Lipinski definition) is 5. The van der Waals surface area contributed by atoms with Crippen molar-refractivity contribution in [3.63, 3.8) is 0 Å². The van der Waals surface area contributed by atoms with Gasteiger partial charge in [-0.05, 0) is 54.4 Å². The molecule has 4 rings (SSSR count). The zero-order chi connectivity index (χ0) is 19.3. The fourth-order valence-electron chi connectivity index (χ4n) is 2.79. The molecule has 2 heterocycles. The van der Waals surface area contributed by atoms with Crippen LogP contribution in [0.4, 0.5) is 5.69 Å². The average molecular weight is 373 g/mol. The van der Waals surface area contributed by atoms with Crippen molar-refractivity contribution in [2.75, 3.05) is 11.9 Å². The molecule has 6 nitrogen and oxygen atoms in total. The molecule has 0 unspecified atom stereocenters. The Morgan fingerprint density at radius 1 is 1.14 bits per heavy atom. The quantitative estimate of drug-likeness (QED) is 0.540. The predicted molar refractivity (Wildman–Crippen MR) is 107 cm³/mol. The van der Waals surface area contributed by atoms with Gasteiger partial charge in [-0.2, -0.15) is 0 Å². The van der Waals surface area contributed by atoms with Crippen LogP contribution in [0.3, 0.4) is 0 Å². The highest BCUT2D eigenvalue weighted by Gasteiger charge is 2.10. The third kappa shape index (κ3) is 4.01. The second-order valence-corrected chi connectivity index (χ2v) is 6.28. The Morgan fingerprint density at radius 3 is 2.75 bits per heavy atom. The van der Waals surface area contributed by atoms with E-state index in [0.29, 0.717) is 28.4 Å². The van der Waals surface area contributed by atoms with Crippen molar-refractivity contribution in [2.45, 2.75) is 13.3 Å². The van der Waals surface area contributed by atoms with Gasteiger partial charge >= 0.3 is 0 Å². The van der Waals surface area contributed by atoms with Gasteiger partial charge in [0.1, 0.15) is 11.3 Å². The zero-order valence-corrected chi connectivity index (χ0v) is 15.4. The fourth-order valence-corrected chi connectivity index (χ4v) is 2.79. The van der Waals surface area contributed by atoms with Crippen molar-refractivity contribution in [3.8, 4) is 17.2 Å². The Labute approximate surface area is 162 Å². The van der Waals surface area contributed by atoms with Gasteiger partial charge in [0.15, 0.2) is 12.2 Å². The van der Waals surface area contributed by atoms with E-state index in [1.807, 2.05) is 36.4 Å². The maximum absolute atomic E-state index is 12.2. The van der Waals surface area contributed by atoms with Crippen LogP contribution >= 0.6 is 0 Å². The molecule has 0 saturated heterocycles. The van der Waals surface area contributed by atoms with Crippen molar-refractivity contribution in [3.05, 3.63) is 72.6 Å². The predicted octanol–water partition coefficient (Wildman–Crippen LogP) is 4.47. The molecule has 2 aromatic heterocycles. The van der Waals surface area contributed by atoms with Crippen LogP contribution in [0.15, 0.2) is 71.4 Å². The molecule has 0 atom stereocenters. The molecule has 0 bridgehead atoms. The van der Waals surface area contributed by atoms with Crippen LogP contribution in [0.2, 0.25) is 0 Å². The standard InChI is InChI=1S/C22H19N3O3/c1-2-15-5-8-18(9-6-15)27-14-21(26)24-17-7-10-20-19(12-17)25-22(28-20)16-4-3-11-23-13-16/h3-13H,2,14H2,1H3,(H,24,26). The highest BCUT2D eigenvalue weighted by atomic mass is 16.5. The van der Waals surface area contributed by atoms with Gasteiger partial charge in [0.2, 0.25) is 5.89 Å². The molecular formula is C22H19N3O3. The first-order chi connectivity index (χ1) is 13.7. The molecular weight excluding hydrogens is 354 g/mol. The normalized spacial score (nSPS) is 10.8. The average Bonchev–Trinajstić information content (AvgIpc) is 3.17. The largest absolute Gasteiger partial charge is 0.484 e. The van der Waals surface area contributed by atoms with E-state index in [1.54, 1.807) is 30.6 Å². The monoisotopic (exact) mass is 373 g/mol. The number of hydrogen-bond donors (Lipinski definition) is 1.